The maximum absolute atomic E-state index is 13.0. The van der Waals surface area contributed by atoms with Gasteiger partial charge in [-0.25, -0.2) is 9.78 Å². The molecule has 9 nitrogen and oxygen atoms in total. The minimum absolute atomic E-state index is 0.0341. The molecule has 2 fully saturated rings. The van der Waals surface area contributed by atoms with Gasteiger partial charge in [-0.05, 0) is 62.7 Å². The van der Waals surface area contributed by atoms with Crippen LogP contribution in [-0.2, 0) is 17.8 Å². The molecule has 190 valence electrons. The van der Waals surface area contributed by atoms with Crippen LogP contribution in [0.1, 0.15) is 36.6 Å². The molecule has 3 aliphatic rings. The number of pyridine rings is 1. The predicted molar refractivity (Wildman–Crippen MR) is 142 cm³/mol. The first-order valence-electron chi connectivity index (χ1n) is 12.5. The van der Waals surface area contributed by atoms with Gasteiger partial charge in [-0.3, -0.25) is 9.78 Å². The van der Waals surface area contributed by atoms with Crippen LogP contribution in [0.2, 0.25) is 0 Å². The molecular formula is C25H30N6O3S2. The summed E-state index contributed by atoms with van der Waals surface area (Å²) < 4.78 is 1.04. The van der Waals surface area contributed by atoms with Crippen LogP contribution in [0.15, 0.2) is 18.5 Å². The van der Waals surface area contributed by atoms with Crippen molar-refractivity contribution in [1.82, 2.24) is 25.5 Å². The van der Waals surface area contributed by atoms with Crippen molar-refractivity contribution in [2.24, 2.45) is 11.8 Å². The van der Waals surface area contributed by atoms with Crippen molar-refractivity contribution in [3.05, 3.63) is 28.9 Å². The van der Waals surface area contributed by atoms with Crippen LogP contribution >= 0.6 is 22.7 Å². The molecule has 0 spiro atoms. The van der Waals surface area contributed by atoms with Crippen molar-refractivity contribution < 1.29 is 14.7 Å². The van der Waals surface area contributed by atoms with E-state index in [-0.39, 0.29) is 11.9 Å². The zero-order valence-electron chi connectivity index (χ0n) is 20.1. The minimum atomic E-state index is -0.919. The van der Waals surface area contributed by atoms with Gasteiger partial charge >= 0.3 is 6.09 Å². The molecule has 4 N–H and O–H groups in total. The number of thiazole rings is 1. The second-order valence-corrected chi connectivity index (χ2v) is 12.3. The molecule has 36 heavy (non-hydrogen) atoms. The standard InChI is InChI=1S/C25H30N6O3S2/c1-13-6-17-20(12-31(13)25(33)34)36-24(22(17)23-29-18-11-26-4-2-19(18)35-23)30-21(32)3-5-28-16-7-14-9-27-10-15(14)8-16/h2,4,11,13-16,27-28H,3,5-10,12H2,1H3,(H,30,32)(H,33,34)/t13-,14-,15+,16-/m1/s1. The van der Waals surface area contributed by atoms with Crippen molar-refractivity contribution >= 4 is 49.9 Å². The molecule has 6 rings (SSSR count). The first-order valence-corrected chi connectivity index (χ1v) is 14.2. The van der Waals surface area contributed by atoms with Crippen LogP contribution in [-0.4, -0.2) is 63.7 Å². The van der Waals surface area contributed by atoms with E-state index in [1.54, 1.807) is 23.7 Å². The van der Waals surface area contributed by atoms with E-state index in [9.17, 15) is 14.7 Å². The van der Waals surface area contributed by atoms with E-state index >= 15 is 0 Å². The van der Waals surface area contributed by atoms with Crippen molar-refractivity contribution in [2.45, 2.75) is 51.2 Å². The molecule has 0 unspecified atom stereocenters. The number of thiophene rings is 1. The first kappa shape index (κ1) is 23.8. The smallest absolute Gasteiger partial charge is 0.407 e. The summed E-state index contributed by atoms with van der Waals surface area (Å²) in [5, 5.41) is 21.5. The van der Waals surface area contributed by atoms with Gasteiger partial charge < -0.3 is 26.0 Å². The zero-order valence-corrected chi connectivity index (χ0v) is 21.8. The molecule has 5 heterocycles. The number of amides is 2. The lowest BCUT2D eigenvalue weighted by Gasteiger charge is -2.31. The van der Waals surface area contributed by atoms with E-state index in [4.69, 9.17) is 4.98 Å². The Kier molecular flexibility index (Phi) is 6.40. The third-order valence-corrected chi connectivity index (χ3v) is 9.96. The average Bonchev–Trinajstić information content (AvgIpc) is 3.59. The topological polar surface area (TPSA) is 119 Å². The third-order valence-electron chi connectivity index (χ3n) is 7.78. The Balaban J connectivity index is 1.21. The van der Waals surface area contributed by atoms with Crippen molar-refractivity contribution in [3.8, 4) is 10.6 Å². The van der Waals surface area contributed by atoms with Gasteiger partial charge in [0.2, 0.25) is 5.91 Å². The number of hydrogen-bond acceptors (Lipinski definition) is 8. The van der Waals surface area contributed by atoms with E-state index < -0.39 is 6.09 Å². The summed E-state index contributed by atoms with van der Waals surface area (Å²) in [5.41, 5.74) is 2.86. The van der Waals surface area contributed by atoms with Gasteiger partial charge in [0.1, 0.15) is 15.5 Å². The van der Waals surface area contributed by atoms with Crippen molar-refractivity contribution in [2.75, 3.05) is 25.0 Å². The van der Waals surface area contributed by atoms with E-state index in [2.05, 4.69) is 20.9 Å². The van der Waals surface area contributed by atoms with Gasteiger partial charge in [-0.2, -0.15) is 0 Å². The lowest BCUT2D eigenvalue weighted by Crippen LogP contribution is -2.41. The van der Waals surface area contributed by atoms with Gasteiger partial charge in [-0.15, -0.1) is 22.7 Å². The number of nitrogens with one attached hydrogen (secondary N) is 3. The largest absolute Gasteiger partial charge is 0.465 e. The van der Waals surface area contributed by atoms with Crippen LogP contribution in [0.4, 0.5) is 9.80 Å². The molecule has 2 amide bonds. The summed E-state index contributed by atoms with van der Waals surface area (Å²) in [6, 6.07) is 2.30. The Morgan fingerprint density at radius 1 is 1.25 bits per heavy atom. The monoisotopic (exact) mass is 526 g/mol. The molecule has 0 aromatic carbocycles. The normalized spacial score (nSPS) is 25.2. The molecule has 11 heteroatoms. The quantitative estimate of drug-likeness (QED) is 0.386. The Morgan fingerprint density at radius 2 is 2.06 bits per heavy atom. The minimum Gasteiger partial charge on any atom is -0.465 e. The highest BCUT2D eigenvalue weighted by molar-refractivity contribution is 7.22. The molecular weight excluding hydrogens is 496 g/mol. The van der Waals surface area contributed by atoms with Crippen LogP contribution in [0, 0.1) is 11.8 Å². The maximum Gasteiger partial charge on any atom is 0.407 e. The molecule has 2 aliphatic heterocycles. The van der Waals surface area contributed by atoms with Crippen molar-refractivity contribution in [3.63, 3.8) is 0 Å². The second-order valence-electron chi connectivity index (χ2n) is 10.1. The number of hydrogen-bond donors (Lipinski definition) is 4. The number of carboxylic acid groups (broad SMARTS) is 1. The van der Waals surface area contributed by atoms with Crippen molar-refractivity contribution in [1.29, 1.82) is 0 Å². The van der Waals surface area contributed by atoms with Gasteiger partial charge in [0, 0.05) is 41.7 Å². The van der Waals surface area contributed by atoms with Gasteiger partial charge in [0.05, 0.1) is 17.4 Å². The molecule has 1 saturated heterocycles. The highest BCUT2D eigenvalue weighted by atomic mass is 32.1. The summed E-state index contributed by atoms with van der Waals surface area (Å²) >= 11 is 3.05. The highest BCUT2D eigenvalue weighted by Gasteiger charge is 2.37. The molecule has 1 aliphatic carbocycles. The average molecular weight is 527 g/mol. The first-order chi connectivity index (χ1) is 17.5. The van der Waals surface area contributed by atoms with E-state index in [1.807, 2.05) is 13.0 Å². The fourth-order valence-electron chi connectivity index (χ4n) is 5.94. The zero-order chi connectivity index (χ0) is 24.8. The van der Waals surface area contributed by atoms with Crippen LogP contribution in [0.3, 0.4) is 0 Å². The number of aromatic nitrogens is 2. The number of rotatable bonds is 6. The molecule has 0 radical (unpaired) electrons. The summed E-state index contributed by atoms with van der Waals surface area (Å²) in [6.07, 6.45) is 5.95. The van der Waals surface area contributed by atoms with Gasteiger partial charge in [-0.1, -0.05) is 0 Å². The second kappa shape index (κ2) is 9.70. The SMILES string of the molecule is C[C@@H]1Cc2c(sc(NC(=O)CCN[C@H]3C[C@H]4CNC[C@H]4C3)c2-c2nc3cnccc3s2)CN1C(=O)O. The predicted octanol–water partition coefficient (Wildman–Crippen LogP) is 3.76. The molecule has 3 aromatic rings. The van der Waals surface area contributed by atoms with Gasteiger partial charge in [0.15, 0.2) is 0 Å². The Bertz CT molecular complexity index is 1260. The van der Waals surface area contributed by atoms with E-state index in [0.717, 1.165) is 61.2 Å². The lowest BCUT2D eigenvalue weighted by molar-refractivity contribution is -0.116. The van der Waals surface area contributed by atoms with Crippen LogP contribution in [0.25, 0.3) is 20.8 Å². The number of fused-ring (bicyclic) bond motifs is 3. The fourth-order valence-corrected chi connectivity index (χ4v) is 8.26. The summed E-state index contributed by atoms with van der Waals surface area (Å²) in [6.45, 7) is 5.15. The molecule has 1 saturated carbocycles. The summed E-state index contributed by atoms with van der Waals surface area (Å²) in [5.74, 6) is 1.51. The number of anilines is 1. The number of carbonyl (C=O) groups is 2. The fraction of sp³-hybridized carbons (Fsp3) is 0.520. The van der Waals surface area contributed by atoms with Crippen LogP contribution in [0.5, 0.6) is 0 Å². The molecule has 4 atom stereocenters. The van der Waals surface area contributed by atoms with E-state index in [1.165, 1.54) is 29.1 Å². The van der Waals surface area contributed by atoms with E-state index in [0.29, 0.717) is 32.0 Å². The molecule has 3 aromatic heterocycles. The van der Waals surface area contributed by atoms with Crippen LogP contribution < -0.4 is 16.0 Å². The van der Waals surface area contributed by atoms with Gasteiger partial charge in [0.25, 0.3) is 0 Å². The molecule has 0 bridgehead atoms. The Morgan fingerprint density at radius 3 is 2.81 bits per heavy atom. The Labute approximate surface area is 217 Å². The summed E-state index contributed by atoms with van der Waals surface area (Å²) in [4.78, 5) is 36.2. The number of nitrogens with zero attached hydrogens (tertiary/aromatic N) is 3. The third kappa shape index (κ3) is 4.49. The lowest BCUT2D eigenvalue weighted by atomic mass is 9.98. The summed E-state index contributed by atoms with van der Waals surface area (Å²) in [7, 11) is 0. The maximum atomic E-state index is 13.0. The Hall–Kier alpha value is -2.60. The highest BCUT2D eigenvalue weighted by Crippen LogP contribution is 2.46. The number of carbonyl (C=O) groups excluding carboxylic acids is 1.